The summed E-state index contributed by atoms with van der Waals surface area (Å²) in [5, 5.41) is 5.93. The summed E-state index contributed by atoms with van der Waals surface area (Å²) in [6, 6.07) is 4.33. The molecule has 3 nitrogen and oxygen atoms in total. The zero-order chi connectivity index (χ0) is 12.3. The Kier molecular flexibility index (Phi) is 4.42. The van der Waals surface area contributed by atoms with Gasteiger partial charge in [-0.15, -0.1) is 11.8 Å². The second-order valence-electron chi connectivity index (χ2n) is 3.73. The molecule has 1 aromatic carbocycles. The van der Waals surface area contributed by atoms with Crippen molar-refractivity contribution in [2.24, 2.45) is 0 Å². The van der Waals surface area contributed by atoms with E-state index in [1.54, 1.807) is 17.8 Å². The number of nitrogens with one attached hydrogen (secondary N) is 2. The summed E-state index contributed by atoms with van der Waals surface area (Å²) in [7, 11) is 0. The lowest BCUT2D eigenvalue weighted by atomic mass is 10.2. The number of carbonyl (C=O) groups excluding carboxylic acids is 1. The van der Waals surface area contributed by atoms with E-state index < -0.39 is 0 Å². The van der Waals surface area contributed by atoms with Gasteiger partial charge >= 0.3 is 0 Å². The van der Waals surface area contributed by atoms with Gasteiger partial charge in [0.05, 0.1) is 6.04 Å². The standard InChI is InChI=1S/C11H12BrFN2OS/c12-9-3-8(13)2-1-7(9)4-14-11(16)10-5-17-6-15-10/h1-3,10,15H,4-6H2,(H,14,16). The zero-order valence-electron chi connectivity index (χ0n) is 9.00. The monoisotopic (exact) mass is 318 g/mol. The highest BCUT2D eigenvalue weighted by atomic mass is 79.9. The fourth-order valence-corrected chi connectivity index (χ4v) is 2.97. The summed E-state index contributed by atoms with van der Waals surface area (Å²) in [5.41, 5.74) is 0.866. The summed E-state index contributed by atoms with van der Waals surface area (Å²) in [4.78, 5) is 11.7. The van der Waals surface area contributed by atoms with Gasteiger partial charge in [-0.2, -0.15) is 0 Å². The van der Waals surface area contributed by atoms with Gasteiger partial charge in [0.25, 0.3) is 0 Å². The van der Waals surface area contributed by atoms with Crippen LogP contribution in [0.4, 0.5) is 4.39 Å². The molecule has 1 aliphatic rings. The number of rotatable bonds is 3. The van der Waals surface area contributed by atoms with E-state index in [0.717, 1.165) is 17.2 Å². The van der Waals surface area contributed by atoms with Gasteiger partial charge in [-0.3, -0.25) is 10.1 Å². The van der Waals surface area contributed by atoms with Crippen LogP contribution in [0.5, 0.6) is 0 Å². The number of hydrogen-bond acceptors (Lipinski definition) is 3. The minimum Gasteiger partial charge on any atom is -0.351 e. The van der Waals surface area contributed by atoms with E-state index in [0.29, 0.717) is 11.0 Å². The molecule has 1 aromatic rings. The maximum atomic E-state index is 12.9. The molecule has 1 aliphatic heterocycles. The molecule has 2 N–H and O–H groups in total. The van der Waals surface area contributed by atoms with E-state index in [-0.39, 0.29) is 17.8 Å². The lowest BCUT2D eigenvalue weighted by molar-refractivity contribution is -0.122. The van der Waals surface area contributed by atoms with E-state index >= 15 is 0 Å². The zero-order valence-corrected chi connectivity index (χ0v) is 11.4. The Morgan fingerprint density at radius 1 is 1.65 bits per heavy atom. The molecule has 0 saturated carbocycles. The van der Waals surface area contributed by atoms with Gasteiger partial charge in [0.15, 0.2) is 0 Å². The molecule has 2 rings (SSSR count). The smallest absolute Gasteiger partial charge is 0.238 e. The Bertz CT molecular complexity index is 424. The summed E-state index contributed by atoms with van der Waals surface area (Å²) in [6.07, 6.45) is 0. The number of amides is 1. The van der Waals surface area contributed by atoms with Crippen LogP contribution in [0.2, 0.25) is 0 Å². The normalized spacial score (nSPS) is 19.3. The highest BCUT2D eigenvalue weighted by Crippen LogP contribution is 2.18. The van der Waals surface area contributed by atoms with Crippen LogP contribution in [0.3, 0.4) is 0 Å². The van der Waals surface area contributed by atoms with Crippen LogP contribution in [-0.2, 0) is 11.3 Å². The molecule has 0 aromatic heterocycles. The molecule has 0 spiro atoms. The van der Waals surface area contributed by atoms with Gasteiger partial charge < -0.3 is 5.32 Å². The molecule has 6 heteroatoms. The number of benzene rings is 1. The van der Waals surface area contributed by atoms with Crippen molar-refractivity contribution < 1.29 is 9.18 Å². The Balaban J connectivity index is 1.90. The maximum Gasteiger partial charge on any atom is 0.238 e. The molecule has 0 bridgehead atoms. The van der Waals surface area contributed by atoms with E-state index in [1.165, 1.54) is 12.1 Å². The molecule has 1 fully saturated rings. The molecule has 0 aliphatic carbocycles. The average Bonchev–Trinajstić information content (AvgIpc) is 2.81. The van der Waals surface area contributed by atoms with Crippen LogP contribution in [-0.4, -0.2) is 23.6 Å². The van der Waals surface area contributed by atoms with Crippen molar-refractivity contribution in [2.75, 3.05) is 11.6 Å². The molecular weight excluding hydrogens is 307 g/mol. The molecule has 17 heavy (non-hydrogen) atoms. The third-order valence-electron chi connectivity index (χ3n) is 2.50. The van der Waals surface area contributed by atoms with Gasteiger partial charge in [-0.05, 0) is 17.7 Å². The number of carbonyl (C=O) groups is 1. The van der Waals surface area contributed by atoms with Crippen molar-refractivity contribution in [2.45, 2.75) is 12.6 Å². The van der Waals surface area contributed by atoms with Crippen LogP contribution in [0.25, 0.3) is 0 Å². The fourth-order valence-electron chi connectivity index (χ4n) is 1.53. The van der Waals surface area contributed by atoms with Crippen molar-refractivity contribution in [3.05, 3.63) is 34.1 Å². The van der Waals surface area contributed by atoms with Crippen molar-refractivity contribution in [3.8, 4) is 0 Å². The Morgan fingerprint density at radius 3 is 3.12 bits per heavy atom. The van der Waals surface area contributed by atoms with E-state index in [9.17, 15) is 9.18 Å². The fraction of sp³-hybridized carbons (Fsp3) is 0.364. The predicted molar refractivity (Wildman–Crippen MR) is 70.2 cm³/mol. The first kappa shape index (κ1) is 12.9. The molecule has 1 unspecified atom stereocenters. The third kappa shape index (κ3) is 3.43. The highest BCUT2D eigenvalue weighted by Gasteiger charge is 2.22. The van der Waals surface area contributed by atoms with Crippen LogP contribution in [0.1, 0.15) is 5.56 Å². The summed E-state index contributed by atoms with van der Waals surface area (Å²) < 4.78 is 13.5. The van der Waals surface area contributed by atoms with E-state index in [1.807, 2.05) is 0 Å². The van der Waals surface area contributed by atoms with Gasteiger partial charge in [0.1, 0.15) is 5.82 Å². The molecule has 92 valence electrons. The SMILES string of the molecule is O=C(NCc1ccc(F)cc1Br)C1CSCN1. The maximum absolute atomic E-state index is 12.9. The Morgan fingerprint density at radius 2 is 2.47 bits per heavy atom. The van der Waals surface area contributed by atoms with Crippen molar-refractivity contribution in [1.82, 2.24) is 10.6 Å². The first-order valence-electron chi connectivity index (χ1n) is 5.19. The Labute approximate surface area is 112 Å². The number of hydrogen-bond donors (Lipinski definition) is 2. The molecule has 1 atom stereocenters. The lowest BCUT2D eigenvalue weighted by Crippen LogP contribution is -2.41. The van der Waals surface area contributed by atoms with Gasteiger partial charge in [0.2, 0.25) is 5.91 Å². The van der Waals surface area contributed by atoms with Crippen molar-refractivity contribution >= 4 is 33.6 Å². The molecule has 1 amide bonds. The van der Waals surface area contributed by atoms with Crippen LogP contribution in [0, 0.1) is 5.82 Å². The van der Waals surface area contributed by atoms with Gasteiger partial charge in [-0.25, -0.2) is 4.39 Å². The molecule has 1 saturated heterocycles. The Hall–Kier alpha value is -0.590. The molecular formula is C11H12BrFN2OS. The number of thioether (sulfide) groups is 1. The van der Waals surface area contributed by atoms with Crippen LogP contribution < -0.4 is 10.6 Å². The summed E-state index contributed by atoms with van der Waals surface area (Å²) in [5.74, 6) is 1.32. The quantitative estimate of drug-likeness (QED) is 0.894. The third-order valence-corrected chi connectivity index (χ3v) is 4.18. The van der Waals surface area contributed by atoms with Crippen LogP contribution >= 0.6 is 27.7 Å². The number of halogens is 2. The van der Waals surface area contributed by atoms with E-state index in [4.69, 9.17) is 0 Å². The van der Waals surface area contributed by atoms with Crippen molar-refractivity contribution in [3.63, 3.8) is 0 Å². The lowest BCUT2D eigenvalue weighted by Gasteiger charge is -2.11. The average molecular weight is 319 g/mol. The first-order valence-corrected chi connectivity index (χ1v) is 7.14. The summed E-state index contributed by atoms with van der Waals surface area (Å²) in [6.45, 7) is 0.405. The van der Waals surface area contributed by atoms with Gasteiger partial charge in [0, 0.05) is 22.6 Å². The second-order valence-corrected chi connectivity index (χ2v) is 5.61. The second kappa shape index (κ2) is 5.84. The molecule has 1 heterocycles. The van der Waals surface area contributed by atoms with Crippen LogP contribution in [0.15, 0.2) is 22.7 Å². The largest absolute Gasteiger partial charge is 0.351 e. The van der Waals surface area contributed by atoms with E-state index in [2.05, 4.69) is 26.6 Å². The topological polar surface area (TPSA) is 41.1 Å². The van der Waals surface area contributed by atoms with Gasteiger partial charge in [-0.1, -0.05) is 22.0 Å². The van der Waals surface area contributed by atoms with Crippen molar-refractivity contribution in [1.29, 1.82) is 0 Å². The first-order chi connectivity index (χ1) is 8.16. The minimum absolute atomic E-state index is 0.00812. The summed E-state index contributed by atoms with van der Waals surface area (Å²) >= 11 is 4.98. The predicted octanol–water partition coefficient (Wildman–Crippen LogP) is 1.87. The highest BCUT2D eigenvalue weighted by molar-refractivity contribution is 9.10. The molecule has 0 radical (unpaired) electrons. The minimum atomic E-state index is -0.291.